The number of hydrogen-bond acceptors (Lipinski definition) is 4. The van der Waals surface area contributed by atoms with E-state index >= 15 is 0 Å². The van der Waals surface area contributed by atoms with Crippen LogP contribution in [-0.4, -0.2) is 19.9 Å². The quantitative estimate of drug-likeness (QED) is 0.153. The van der Waals surface area contributed by atoms with E-state index in [1.165, 1.54) is 21.5 Å². The van der Waals surface area contributed by atoms with E-state index in [4.69, 9.17) is 0 Å². The zero-order chi connectivity index (χ0) is 45.2. The summed E-state index contributed by atoms with van der Waals surface area (Å²) in [6, 6.07) is 48.7. The van der Waals surface area contributed by atoms with Crippen molar-refractivity contribution in [2.75, 3.05) is 0 Å². The highest BCUT2D eigenvalue weighted by molar-refractivity contribution is 5.82. The largest absolute Gasteiger partial charge is 0.256 e. The molecular weight excluding hydrogens is 729 g/mol. The molecule has 8 rings (SSSR count). The molecule has 0 aliphatic heterocycles. The summed E-state index contributed by atoms with van der Waals surface area (Å²) in [6.07, 6.45) is 7.01. The fourth-order valence-corrected chi connectivity index (χ4v) is 4.07. The van der Waals surface area contributed by atoms with Crippen molar-refractivity contribution >= 4 is 43.6 Å². The number of benzene rings is 5. The molecule has 0 bridgehead atoms. The summed E-state index contributed by atoms with van der Waals surface area (Å²) in [5, 5.41) is 5.02. The van der Waals surface area contributed by atoms with E-state index in [0.717, 1.165) is 22.1 Å². The first-order chi connectivity index (χ1) is 27.9. The maximum absolute atomic E-state index is 4.18. The van der Waals surface area contributed by atoms with Gasteiger partial charge in [-0.25, -0.2) is 0 Å². The molecule has 60 heavy (non-hydrogen) atoms. The minimum absolute atomic E-state index is 0.500. The molecule has 0 spiro atoms. The molecule has 0 unspecified atom stereocenters. The predicted octanol–water partition coefficient (Wildman–Crippen LogP) is 17.1. The zero-order valence-corrected chi connectivity index (χ0v) is 40.0. The van der Waals surface area contributed by atoms with Gasteiger partial charge in [-0.3, -0.25) is 19.9 Å². The molecule has 0 aliphatic rings. The fraction of sp³-hybridized carbons (Fsp3) is 0.357. The van der Waals surface area contributed by atoms with Crippen LogP contribution in [0.2, 0.25) is 0 Å². The molecule has 3 aromatic heterocycles. The lowest BCUT2D eigenvalue weighted by atomic mass is 10.0. The molecule has 3 heterocycles. The molecule has 0 aliphatic carbocycles. The lowest BCUT2D eigenvalue weighted by Gasteiger charge is -2.05. The first-order valence-electron chi connectivity index (χ1n) is 21.1. The number of pyridine rings is 2. The molecule has 0 N–H and O–H groups in total. The standard InChI is InChI=1S/C10H8.2C9H7N.C8H6N2.4C5H12/c1-2-6-10-8-4-3-7-9(10)5-1;2*1-2-6-9-8(4-1)5-3-7-10-9;1-2-4-8-7(3-1)9-5-6-10-8;4*1-5(2,3)4/h1-8H;2*1-7H;1-6H;4*1-4H3. The highest BCUT2D eigenvalue weighted by atomic mass is 14.8. The molecule has 4 heteroatoms. The highest BCUT2D eigenvalue weighted by Gasteiger charge is 1.97. The Balaban J connectivity index is 0.000000351. The third-order valence-electron chi connectivity index (χ3n) is 6.06. The van der Waals surface area contributed by atoms with E-state index in [1.54, 1.807) is 12.4 Å². The summed E-state index contributed by atoms with van der Waals surface area (Å²) >= 11 is 0. The number of fused-ring (bicyclic) bond motifs is 4. The topological polar surface area (TPSA) is 51.6 Å². The van der Waals surface area contributed by atoms with Crippen molar-refractivity contribution in [3.05, 3.63) is 170 Å². The fourth-order valence-electron chi connectivity index (χ4n) is 4.07. The van der Waals surface area contributed by atoms with Gasteiger partial charge in [-0.15, -0.1) is 0 Å². The Labute approximate surface area is 365 Å². The van der Waals surface area contributed by atoms with Crippen LogP contribution in [0, 0.1) is 21.7 Å². The number of hydrogen-bond donors (Lipinski definition) is 0. The normalized spacial score (nSPS) is 10.7. The van der Waals surface area contributed by atoms with Gasteiger partial charge in [0.25, 0.3) is 0 Å². The first kappa shape index (κ1) is 52.5. The van der Waals surface area contributed by atoms with Gasteiger partial charge >= 0.3 is 0 Å². The average Bonchev–Trinajstić information content (AvgIpc) is 3.16. The summed E-state index contributed by atoms with van der Waals surface area (Å²) in [7, 11) is 0. The van der Waals surface area contributed by atoms with Crippen LogP contribution in [0.1, 0.15) is 111 Å². The van der Waals surface area contributed by atoms with Crippen molar-refractivity contribution in [2.24, 2.45) is 21.7 Å². The minimum atomic E-state index is 0.500. The number of rotatable bonds is 0. The van der Waals surface area contributed by atoms with E-state index < -0.39 is 0 Å². The third kappa shape index (κ3) is 31.5. The van der Waals surface area contributed by atoms with E-state index in [-0.39, 0.29) is 0 Å². The van der Waals surface area contributed by atoms with Gasteiger partial charge in [0.15, 0.2) is 0 Å². The molecule has 0 radical (unpaired) electrons. The summed E-state index contributed by atoms with van der Waals surface area (Å²) in [6.45, 7) is 35.0. The van der Waals surface area contributed by atoms with Gasteiger partial charge in [0.05, 0.1) is 22.1 Å². The summed E-state index contributed by atoms with van der Waals surface area (Å²) < 4.78 is 0. The molecule has 0 saturated heterocycles. The molecular formula is C56H76N4. The Morgan fingerprint density at radius 3 is 0.650 bits per heavy atom. The Morgan fingerprint density at radius 1 is 0.217 bits per heavy atom. The minimum Gasteiger partial charge on any atom is -0.256 e. The van der Waals surface area contributed by atoms with Crippen molar-refractivity contribution in [3.8, 4) is 0 Å². The molecule has 5 aromatic carbocycles. The molecule has 320 valence electrons. The summed E-state index contributed by atoms with van der Waals surface area (Å²) in [5.74, 6) is 0. The Bertz CT molecular complexity index is 1700. The van der Waals surface area contributed by atoms with Crippen molar-refractivity contribution in [2.45, 2.75) is 111 Å². The van der Waals surface area contributed by atoms with Crippen LogP contribution in [-0.2, 0) is 0 Å². The van der Waals surface area contributed by atoms with Crippen LogP contribution in [0.5, 0.6) is 0 Å². The van der Waals surface area contributed by atoms with Crippen LogP contribution in [0.4, 0.5) is 0 Å². The molecule has 0 atom stereocenters. The van der Waals surface area contributed by atoms with Gasteiger partial charge in [0.2, 0.25) is 0 Å². The average molecular weight is 805 g/mol. The van der Waals surface area contributed by atoms with Crippen LogP contribution < -0.4 is 0 Å². The van der Waals surface area contributed by atoms with Gasteiger partial charge in [-0.2, -0.15) is 0 Å². The number of para-hydroxylation sites is 4. The number of nitrogens with zero attached hydrogens (tertiary/aromatic N) is 4. The van der Waals surface area contributed by atoms with Crippen molar-refractivity contribution < 1.29 is 0 Å². The third-order valence-corrected chi connectivity index (χ3v) is 6.06. The van der Waals surface area contributed by atoms with Gasteiger partial charge < -0.3 is 0 Å². The zero-order valence-electron chi connectivity index (χ0n) is 40.0. The number of aromatic nitrogens is 4. The molecule has 0 amide bonds. The molecule has 8 aromatic rings. The summed E-state index contributed by atoms with van der Waals surface area (Å²) in [4.78, 5) is 16.6. The lowest BCUT2D eigenvalue weighted by molar-refractivity contribution is 0.469. The smallest absolute Gasteiger partial charge is 0.0886 e. The SMILES string of the molecule is CC(C)(C)C.CC(C)(C)C.CC(C)(C)C.CC(C)(C)C.c1ccc2ccccc2c1.c1ccc2ncccc2c1.c1ccc2ncccc2c1.c1ccc2nccnc2c1. The van der Waals surface area contributed by atoms with Crippen LogP contribution in [0.25, 0.3) is 43.6 Å². The van der Waals surface area contributed by atoms with Crippen molar-refractivity contribution in [1.29, 1.82) is 0 Å². The van der Waals surface area contributed by atoms with Gasteiger partial charge in [-0.1, -0.05) is 220 Å². The van der Waals surface area contributed by atoms with E-state index in [0.29, 0.717) is 21.7 Å². The maximum atomic E-state index is 4.18. The highest BCUT2D eigenvalue weighted by Crippen LogP contribution is 2.13. The second-order valence-electron chi connectivity index (χ2n) is 20.8. The van der Waals surface area contributed by atoms with Crippen molar-refractivity contribution in [3.63, 3.8) is 0 Å². The van der Waals surface area contributed by atoms with E-state index in [2.05, 4.69) is 204 Å². The van der Waals surface area contributed by atoms with E-state index in [9.17, 15) is 0 Å². The van der Waals surface area contributed by atoms with Gasteiger partial charge in [0, 0.05) is 35.6 Å². The second kappa shape index (κ2) is 26.6. The first-order valence-corrected chi connectivity index (χ1v) is 21.1. The van der Waals surface area contributed by atoms with Crippen LogP contribution in [0.15, 0.2) is 170 Å². The van der Waals surface area contributed by atoms with Gasteiger partial charge in [0.1, 0.15) is 0 Å². The Hall–Kier alpha value is -5.48. The Kier molecular flexibility index (Phi) is 23.3. The van der Waals surface area contributed by atoms with Crippen LogP contribution in [0.3, 0.4) is 0 Å². The van der Waals surface area contributed by atoms with E-state index in [1.807, 2.05) is 85.2 Å². The van der Waals surface area contributed by atoms with Crippen LogP contribution >= 0.6 is 0 Å². The van der Waals surface area contributed by atoms with Gasteiger partial charge in [-0.05, 0) is 68.8 Å². The second-order valence-corrected chi connectivity index (χ2v) is 20.8. The molecule has 0 fully saturated rings. The predicted molar refractivity (Wildman–Crippen MR) is 267 cm³/mol. The van der Waals surface area contributed by atoms with Crippen molar-refractivity contribution in [1.82, 2.24) is 19.9 Å². The lowest BCUT2D eigenvalue weighted by Crippen LogP contribution is -1.93. The maximum Gasteiger partial charge on any atom is 0.0886 e. The monoisotopic (exact) mass is 805 g/mol. The molecule has 4 nitrogen and oxygen atoms in total. The molecule has 0 saturated carbocycles. The Morgan fingerprint density at radius 2 is 0.400 bits per heavy atom. The summed E-state index contributed by atoms with van der Waals surface area (Å²) in [5.41, 5.74) is 6.02.